The second kappa shape index (κ2) is 8.29. The van der Waals surface area contributed by atoms with Crippen LogP contribution in [0.4, 0.5) is 0 Å². The number of aromatic hydroxyl groups is 1. The van der Waals surface area contributed by atoms with Crippen molar-refractivity contribution in [3.05, 3.63) is 52.9 Å². The molecule has 1 aliphatic heterocycles. The van der Waals surface area contributed by atoms with Crippen LogP contribution in [0.1, 0.15) is 47.9 Å². The molecule has 1 N–H and O–H groups in total. The Balaban J connectivity index is 1.77. The number of rotatable bonds is 7. The van der Waals surface area contributed by atoms with Gasteiger partial charge in [0.2, 0.25) is 0 Å². The van der Waals surface area contributed by atoms with Gasteiger partial charge in [0.15, 0.2) is 6.29 Å². The smallest absolute Gasteiger partial charge is 0.154 e. The van der Waals surface area contributed by atoms with E-state index < -0.39 is 0 Å². The highest BCUT2D eigenvalue weighted by Gasteiger charge is 2.19. The third kappa shape index (κ3) is 3.86. The van der Waals surface area contributed by atoms with E-state index in [0.29, 0.717) is 31.7 Å². The van der Waals surface area contributed by atoms with Crippen molar-refractivity contribution in [2.24, 2.45) is 0 Å². The average molecular weight is 356 g/mol. The van der Waals surface area contributed by atoms with Crippen LogP contribution in [-0.2, 0) is 16.1 Å². The van der Waals surface area contributed by atoms with Gasteiger partial charge >= 0.3 is 0 Å². The Morgan fingerprint density at radius 2 is 2.19 bits per heavy atom. The van der Waals surface area contributed by atoms with Crippen LogP contribution in [-0.4, -0.2) is 41.0 Å². The van der Waals surface area contributed by atoms with Gasteiger partial charge in [-0.05, 0) is 49.1 Å². The fourth-order valence-electron chi connectivity index (χ4n) is 3.18. The summed E-state index contributed by atoms with van der Waals surface area (Å²) in [5.41, 5.74) is 4.36. The standard InChI is InChI=1S/C20H24N2O4/c1-14(2)22-19(6-8-21-22)17-7-9-25-12-16(17)13-26-11-15-4-3-5-20(24)18(15)10-23/h3-6,8,10,14,24H,7,9,11-13H2,1-2H3. The molecule has 1 aromatic carbocycles. The molecule has 0 bridgehead atoms. The van der Waals surface area contributed by atoms with Gasteiger partial charge in [-0.3, -0.25) is 9.48 Å². The zero-order chi connectivity index (χ0) is 18.5. The van der Waals surface area contributed by atoms with Crippen molar-refractivity contribution in [2.75, 3.05) is 19.8 Å². The number of phenols is 1. The zero-order valence-electron chi connectivity index (χ0n) is 15.1. The van der Waals surface area contributed by atoms with Gasteiger partial charge in [-0.15, -0.1) is 0 Å². The Morgan fingerprint density at radius 1 is 1.35 bits per heavy atom. The number of benzene rings is 1. The van der Waals surface area contributed by atoms with E-state index in [4.69, 9.17) is 9.47 Å². The number of hydrogen-bond acceptors (Lipinski definition) is 5. The molecular formula is C20H24N2O4. The van der Waals surface area contributed by atoms with Crippen molar-refractivity contribution in [2.45, 2.75) is 32.9 Å². The lowest BCUT2D eigenvalue weighted by Gasteiger charge is -2.23. The summed E-state index contributed by atoms with van der Waals surface area (Å²) in [6.07, 6.45) is 3.30. The van der Waals surface area contributed by atoms with Crippen molar-refractivity contribution in [3.8, 4) is 5.75 Å². The minimum Gasteiger partial charge on any atom is -0.507 e. The first-order valence-electron chi connectivity index (χ1n) is 8.78. The van der Waals surface area contributed by atoms with Crippen LogP contribution < -0.4 is 0 Å². The van der Waals surface area contributed by atoms with Crippen molar-refractivity contribution >= 4 is 11.9 Å². The number of hydrogen-bond donors (Lipinski definition) is 1. The van der Waals surface area contributed by atoms with Gasteiger partial charge in [-0.25, -0.2) is 0 Å². The van der Waals surface area contributed by atoms with Crippen LogP contribution >= 0.6 is 0 Å². The number of nitrogens with zero attached hydrogens (tertiary/aromatic N) is 2. The van der Waals surface area contributed by atoms with E-state index in [-0.39, 0.29) is 24.0 Å². The van der Waals surface area contributed by atoms with Crippen molar-refractivity contribution < 1.29 is 19.4 Å². The SMILES string of the molecule is CC(C)n1nccc1C1=C(COCc2cccc(O)c2C=O)COCC1. The summed E-state index contributed by atoms with van der Waals surface area (Å²) < 4.78 is 13.5. The molecule has 0 fully saturated rings. The summed E-state index contributed by atoms with van der Waals surface area (Å²) in [7, 11) is 0. The lowest BCUT2D eigenvalue weighted by atomic mass is 10.0. The van der Waals surface area contributed by atoms with Gasteiger partial charge in [0.25, 0.3) is 0 Å². The summed E-state index contributed by atoms with van der Waals surface area (Å²) in [5.74, 6) is -0.0251. The van der Waals surface area contributed by atoms with E-state index in [1.807, 2.05) is 16.9 Å². The summed E-state index contributed by atoms with van der Waals surface area (Å²) >= 11 is 0. The number of ether oxygens (including phenoxy) is 2. The Morgan fingerprint density at radius 3 is 2.96 bits per heavy atom. The van der Waals surface area contributed by atoms with Crippen LogP contribution in [0.5, 0.6) is 5.75 Å². The minimum absolute atomic E-state index is 0.0251. The predicted molar refractivity (Wildman–Crippen MR) is 98.1 cm³/mol. The topological polar surface area (TPSA) is 73.6 Å². The molecule has 0 amide bonds. The minimum atomic E-state index is -0.0251. The Bertz CT molecular complexity index is 808. The largest absolute Gasteiger partial charge is 0.507 e. The molecule has 0 radical (unpaired) electrons. The number of aromatic nitrogens is 2. The maximum absolute atomic E-state index is 11.2. The highest BCUT2D eigenvalue weighted by molar-refractivity contribution is 5.81. The number of aldehydes is 1. The first kappa shape index (κ1) is 18.4. The highest BCUT2D eigenvalue weighted by Crippen LogP contribution is 2.28. The van der Waals surface area contributed by atoms with Gasteiger partial charge < -0.3 is 14.6 Å². The summed E-state index contributed by atoms with van der Waals surface area (Å²) in [4.78, 5) is 11.2. The summed E-state index contributed by atoms with van der Waals surface area (Å²) in [5, 5.41) is 14.2. The van der Waals surface area contributed by atoms with Crippen molar-refractivity contribution in [1.29, 1.82) is 0 Å². The lowest BCUT2D eigenvalue weighted by molar-refractivity contribution is 0.104. The molecule has 0 saturated carbocycles. The molecule has 3 rings (SSSR count). The van der Waals surface area contributed by atoms with Gasteiger partial charge in [0.1, 0.15) is 5.75 Å². The Hall–Kier alpha value is -2.44. The van der Waals surface area contributed by atoms with E-state index in [9.17, 15) is 9.90 Å². The van der Waals surface area contributed by atoms with Gasteiger partial charge in [-0.2, -0.15) is 5.10 Å². The third-order valence-corrected chi connectivity index (χ3v) is 4.49. The quantitative estimate of drug-likeness (QED) is 0.770. The molecule has 2 heterocycles. The molecule has 0 atom stereocenters. The fourth-order valence-corrected chi connectivity index (χ4v) is 3.18. The highest BCUT2D eigenvalue weighted by atomic mass is 16.5. The second-order valence-electron chi connectivity index (χ2n) is 6.60. The molecule has 0 spiro atoms. The molecule has 0 saturated heterocycles. The molecule has 1 aromatic heterocycles. The Kier molecular flexibility index (Phi) is 5.85. The van der Waals surface area contributed by atoms with Crippen molar-refractivity contribution in [3.63, 3.8) is 0 Å². The molecule has 6 heteroatoms. The molecular weight excluding hydrogens is 332 g/mol. The predicted octanol–water partition coefficient (Wildman–Crippen LogP) is 3.37. The van der Waals surface area contributed by atoms with Crippen LogP contribution in [0, 0.1) is 0 Å². The number of phenolic OH excluding ortho intramolecular Hbond substituents is 1. The average Bonchev–Trinajstić information content (AvgIpc) is 3.12. The normalized spacial score (nSPS) is 14.9. The Labute approximate surface area is 153 Å². The molecule has 6 nitrogen and oxygen atoms in total. The van der Waals surface area contributed by atoms with E-state index in [1.165, 1.54) is 11.6 Å². The monoisotopic (exact) mass is 356 g/mol. The maximum atomic E-state index is 11.2. The number of carbonyl (C=O) groups is 1. The zero-order valence-corrected chi connectivity index (χ0v) is 15.1. The third-order valence-electron chi connectivity index (χ3n) is 4.49. The van der Waals surface area contributed by atoms with Crippen molar-refractivity contribution in [1.82, 2.24) is 9.78 Å². The van der Waals surface area contributed by atoms with E-state index in [1.54, 1.807) is 12.1 Å². The molecule has 1 aliphatic rings. The van der Waals surface area contributed by atoms with E-state index in [2.05, 4.69) is 18.9 Å². The molecule has 2 aromatic rings. The van der Waals surface area contributed by atoms with Crippen LogP contribution in [0.3, 0.4) is 0 Å². The second-order valence-corrected chi connectivity index (χ2v) is 6.60. The van der Waals surface area contributed by atoms with E-state index >= 15 is 0 Å². The van der Waals surface area contributed by atoms with Crippen LogP contribution in [0.15, 0.2) is 36.0 Å². The first-order chi connectivity index (χ1) is 12.6. The lowest BCUT2D eigenvalue weighted by Crippen LogP contribution is -2.17. The molecule has 26 heavy (non-hydrogen) atoms. The van der Waals surface area contributed by atoms with Gasteiger partial charge in [0.05, 0.1) is 37.7 Å². The van der Waals surface area contributed by atoms with E-state index in [0.717, 1.165) is 17.7 Å². The van der Waals surface area contributed by atoms with Crippen LogP contribution in [0.25, 0.3) is 5.57 Å². The van der Waals surface area contributed by atoms with Gasteiger partial charge in [-0.1, -0.05) is 12.1 Å². The maximum Gasteiger partial charge on any atom is 0.154 e. The molecule has 138 valence electrons. The van der Waals surface area contributed by atoms with Gasteiger partial charge in [0, 0.05) is 12.2 Å². The molecule has 0 unspecified atom stereocenters. The van der Waals surface area contributed by atoms with Crippen LogP contribution in [0.2, 0.25) is 0 Å². The number of carbonyl (C=O) groups excluding carboxylic acids is 1. The first-order valence-corrected chi connectivity index (χ1v) is 8.78. The summed E-state index contributed by atoms with van der Waals surface area (Å²) in [6, 6.07) is 7.29. The fraction of sp³-hybridized carbons (Fsp3) is 0.400. The summed E-state index contributed by atoms with van der Waals surface area (Å²) in [6.45, 7) is 6.09. The molecule has 0 aliphatic carbocycles.